The number of halogens is 5. The zero-order valence-electron chi connectivity index (χ0n) is 32.5. The highest BCUT2D eigenvalue weighted by Crippen LogP contribution is 2.39. The molecule has 4 aromatic heterocycles. The van der Waals surface area contributed by atoms with Crippen molar-refractivity contribution in [3.63, 3.8) is 0 Å². The van der Waals surface area contributed by atoms with Crippen molar-refractivity contribution in [1.29, 1.82) is 0 Å². The maximum Gasteiger partial charge on any atom is 0.416 e. The Morgan fingerprint density at radius 2 is 1.32 bits per heavy atom. The summed E-state index contributed by atoms with van der Waals surface area (Å²) in [5.74, 6) is 0.386. The largest absolute Gasteiger partial charge is 0.506 e. The number of nitrogen functional groups attached to an aromatic ring is 1. The molecule has 9 nitrogen and oxygen atoms in total. The third-order valence-electron chi connectivity index (χ3n) is 8.77. The lowest BCUT2D eigenvalue weighted by Crippen LogP contribution is -2.14. The number of aromatic hydroxyl groups is 2. The van der Waals surface area contributed by atoms with Crippen LogP contribution < -0.4 is 11.1 Å². The Kier molecular flexibility index (Phi) is 15.0. The molecular weight excluding hydrogens is 812 g/mol. The number of aldehydes is 1. The van der Waals surface area contributed by atoms with E-state index in [0.29, 0.717) is 21.6 Å². The van der Waals surface area contributed by atoms with E-state index in [1.54, 1.807) is 36.9 Å². The van der Waals surface area contributed by atoms with Gasteiger partial charge in [0.25, 0.3) is 0 Å². The van der Waals surface area contributed by atoms with Gasteiger partial charge in [-0.2, -0.15) is 13.2 Å². The summed E-state index contributed by atoms with van der Waals surface area (Å²) in [5.41, 5.74) is 11.7. The van der Waals surface area contributed by atoms with E-state index in [-0.39, 0.29) is 34.4 Å². The number of pyridine rings is 4. The highest BCUT2D eigenvalue weighted by Gasteiger charge is 2.30. The van der Waals surface area contributed by atoms with Gasteiger partial charge in [0.15, 0.2) is 6.29 Å². The summed E-state index contributed by atoms with van der Waals surface area (Å²) >= 11 is 12.0. The van der Waals surface area contributed by atoms with E-state index < -0.39 is 11.7 Å². The molecule has 14 heteroatoms. The van der Waals surface area contributed by atoms with Crippen molar-refractivity contribution in [2.24, 2.45) is 0 Å². The van der Waals surface area contributed by atoms with E-state index in [1.807, 2.05) is 106 Å². The third kappa shape index (κ3) is 11.9. The van der Waals surface area contributed by atoms with Gasteiger partial charge in [-0.05, 0) is 93.1 Å². The van der Waals surface area contributed by atoms with Crippen LogP contribution in [-0.2, 0) is 6.18 Å². The number of para-hydroxylation sites is 1. The Hall–Kier alpha value is -6.76. The number of benzene rings is 4. The van der Waals surface area contributed by atoms with Gasteiger partial charge in [-0.3, -0.25) is 24.7 Å². The summed E-state index contributed by atoms with van der Waals surface area (Å²) in [6.45, 7) is 5.89. The number of hydrogen-bond donors (Lipinski definition) is 4. The number of nitrogens with one attached hydrogen (secondary N) is 1. The fourth-order valence-electron chi connectivity index (χ4n) is 5.68. The number of aryl methyl sites for hydroxylation is 3. The molecule has 8 aromatic rings. The summed E-state index contributed by atoms with van der Waals surface area (Å²) in [4.78, 5) is 27.0. The first kappa shape index (κ1) is 44.3. The first-order chi connectivity index (χ1) is 28.6. The molecule has 306 valence electrons. The lowest BCUT2D eigenvalue weighted by molar-refractivity contribution is -0.137. The fraction of sp³-hybridized carbons (Fsp3) is 0.109. The normalized spacial score (nSPS) is 11.2. The van der Waals surface area contributed by atoms with Crippen LogP contribution in [0.5, 0.6) is 11.5 Å². The van der Waals surface area contributed by atoms with Crippen molar-refractivity contribution in [2.45, 2.75) is 33.0 Å². The van der Waals surface area contributed by atoms with Crippen LogP contribution in [0.3, 0.4) is 0 Å². The minimum absolute atomic E-state index is 0.0167. The van der Waals surface area contributed by atoms with Gasteiger partial charge >= 0.3 is 6.18 Å². The van der Waals surface area contributed by atoms with Crippen LogP contribution in [0.15, 0.2) is 140 Å². The first-order valence-electron chi connectivity index (χ1n) is 18.2. The second-order valence-corrected chi connectivity index (χ2v) is 14.1. The predicted molar refractivity (Wildman–Crippen MR) is 233 cm³/mol. The number of phenolic OH excluding ortho intramolecular Hbond substituents is 2. The number of fused-ring (bicyclic) bond motifs is 2. The number of hydrogen-bond acceptors (Lipinski definition) is 9. The van der Waals surface area contributed by atoms with E-state index in [4.69, 9.17) is 28.9 Å². The summed E-state index contributed by atoms with van der Waals surface area (Å²) in [6, 6.07) is 32.5. The number of nitrogens with zero attached hydrogens (tertiary/aromatic N) is 4. The van der Waals surface area contributed by atoms with Gasteiger partial charge in [-0.25, -0.2) is 0 Å². The van der Waals surface area contributed by atoms with Crippen molar-refractivity contribution in [1.82, 2.24) is 19.9 Å². The van der Waals surface area contributed by atoms with E-state index in [2.05, 4.69) is 25.3 Å². The van der Waals surface area contributed by atoms with Crippen LogP contribution in [0, 0.1) is 20.8 Å². The topological polar surface area (TPSA) is 147 Å². The Morgan fingerprint density at radius 3 is 1.92 bits per heavy atom. The fourth-order valence-corrected chi connectivity index (χ4v) is 6.07. The van der Waals surface area contributed by atoms with Gasteiger partial charge < -0.3 is 21.3 Å². The third-order valence-corrected chi connectivity index (χ3v) is 9.46. The highest BCUT2D eigenvalue weighted by molar-refractivity contribution is 6.33. The van der Waals surface area contributed by atoms with Gasteiger partial charge in [0.1, 0.15) is 22.5 Å². The number of carbonyl (C=O) groups excluding carboxylic acids is 1. The summed E-state index contributed by atoms with van der Waals surface area (Å²) in [6.07, 6.45) is 2.62. The molecule has 4 aromatic carbocycles. The summed E-state index contributed by atoms with van der Waals surface area (Å²) in [5, 5.41) is 26.3. The van der Waals surface area contributed by atoms with E-state index in [1.165, 1.54) is 0 Å². The molecule has 1 unspecified atom stereocenters. The Balaban J connectivity index is 0.000000175. The monoisotopic (exact) mass is 850 g/mol. The maximum absolute atomic E-state index is 12.1. The Morgan fingerprint density at radius 1 is 0.683 bits per heavy atom. The zero-order valence-corrected chi connectivity index (χ0v) is 34.0. The minimum atomic E-state index is -4.44. The molecule has 1 atom stereocenters. The Labute approximate surface area is 354 Å². The molecule has 4 heterocycles. The van der Waals surface area contributed by atoms with Crippen LogP contribution in [0.1, 0.15) is 50.0 Å². The quantitative estimate of drug-likeness (QED) is 0.124. The van der Waals surface area contributed by atoms with Crippen molar-refractivity contribution >= 4 is 62.7 Å². The van der Waals surface area contributed by atoms with Gasteiger partial charge in [-0.1, -0.05) is 77.3 Å². The number of rotatable bonds is 5. The molecule has 0 bridgehead atoms. The molecule has 0 aliphatic heterocycles. The standard InChI is InChI=1S/C23H20ClN3O.C9H7NO.C8H4ClF3O.C6H8N2/c1-14-5-10-20(24)19(12-14)22(27-17-8-6-15(2)26-13-17)18-9-7-16-4-3-11-25-21(16)23(18)28;11-8-5-1-3-7-4-2-6-10-9(7)8;9-7-2-1-6(8(10,11)12)3-5(7)4-13;1-5-2-3-6(7)4-8-5/h3-13,22,27-28H,1-2H3;1-6,11H;1-4H;2-4H,7H2,1H3. The van der Waals surface area contributed by atoms with Crippen molar-refractivity contribution in [3.05, 3.63) is 189 Å². The number of carbonyl (C=O) groups is 1. The number of alkyl halides is 3. The molecule has 0 saturated heterocycles. The van der Waals surface area contributed by atoms with Crippen LogP contribution in [-0.4, -0.2) is 36.4 Å². The zero-order chi connectivity index (χ0) is 43.4. The molecule has 60 heavy (non-hydrogen) atoms. The van der Waals surface area contributed by atoms with E-state index >= 15 is 0 Å². The molecular formula is C46H39Cl2F3N6O3. The molecule has 0 fully saturated rings. The van der Waals surface area contributed by atoms with Gasteiger partial charge in [-0.15, -0.1) is 0 Å². The molecule has 8 rings (SSSR count). The molecule has 0 aliphatic rings. The minimum Gasteiger partial charge on any atom is -0.506 e. The van der Waals surface area contributed by atoms with Crippen LogP contribution in [0.4, 0.5) is 24.5 Å². The van der Waals surface area contributed by atoms with Crippen molar-refractivity contribution in [3.8, 4) is 11.5 Å². The number of phenols is 2. The molecule has 5 N–H and O–H groups in total. The molecule has 0 saturated carbocycles. The summed E-state index contributed by atoms with van der Waals surface area (Å²) < 4.78 is 36.2. The average molecular weight is 852 g/mol. The predicted octanol–water partition coefficient (Wildman–Crippen LogP) is 11.9. The summed E-state index contributed by atoms with van der Waals surface area (Å²) in [7, 11) is 0. The highest BCUT2D eigenvalue weighted by atomic mass is 35.5. The SMILES string of the molecule is Cc1ccc(Cl)c(C(Nc2ccc(C)nc2)c2ccc3cccnc3c2O)c1.Cc1ccc(N)cn1.O=Cc1cc(C(F)(F)F)ccc1Cl.Oc1cccc2cccnc12. The Bertz CT molecular complexity index is 2670. The maximum atomic E-state index is 12.1. The van der Waals surface area contributed by atoms with Gasteiger partial charge in [0.05, 0.1) is 40.4 Å². The van der Waals surface area contributed by atoms with Crippen LogP contribution in [0.2, 0.25) is 10.0 Å². The van der Waals surface area contributed by atoms with Crippen LogP contribution >= 0.6 is 23.2 Å². The number of nitrogens with two attached hydrogens (primary N) is 1. The van der Waals surface area contributed by atoms with Gasteiger partial charge in [0, 0.05) is 50.7 Å². The average Bonchev–Trinajstić information content (AvgIpc) is 3.24. The van der Waals surface area contributed by atoms with Crippen molar-refractivity contribution < 1.29 is 28.2 Å². The second-order valence-electron chi connectivity index (χ2n) is 13.3. The van der Waals surface area contributed by atoms with E-state index in [0.717, 1.165) is 62.9 Å². The van der Waals surface area contributed by atoms with Gasteiger partial charge in [0.2, 0.25) is 0 Å². The van der Waals surface area contributed by atoms with E-state index in [9.17, 15) is 28.2 Å². The molecule has 0 amide bonds. The molecule has 0 aliphatic carbocycles. The second kappa shape index (κ2) is 20.3. The lowest BCUT2D eigenvalue weighted by Gasteiger charge is -2.23. The smallest absolute Gasteiger partial charge is 0.416 e. The lowest BCUT2D eigenvalue weighted by atomic mass is 9.95. The number of aromatic nitrogens is 4. The molecule has 0 spiro atoms. The van der Waals surface area contributed by atoms with Crippen LogP contribution in [0.25, 0.3) is 21.8 Å². The van der Waals surface area contributed by atoms with Crippen molar-refractivity contribution in [2.75, 3.05) is 11.1 Å². The number of anilines is 2. The molecule has 0 radical (unpaired) electrons. The first-order valence-corrected chi connectivity index (χ1v) is 18.9.